The molecule has 1 aliphatic rings. The number of aromatic nitrogens is 1. The van der Waals surface area contributed by atoms with Crippen LogP contribution in [0.3, 0.4) is 0 Å². The number of nitrogens with zero attached hydrogens (tertiary/aromatic N) is 1. The van der Waals surface area contributed by atoms with Crippen molar-refractivity contribution in [2.24, 2.45) is 0 Å². The fraction of sp³-hybridized carbons (Fsp3) is 0.375. The number of sulfonamides is 1. The van der Waals surface area contributed by atoms with E-state index in [2.05, 4.69) is 4.98 Å². The maximum absolute atomic E-state index is 13.6. The molecule has 0 saturated carbocycles. The molecule has 1 aliphatic heterocycles. The van der Waals surface area contributed by atoms with Crippen LogP contribution in [0.2, 0.25) is 5.02 Å². The second kappa shape index (κ2) is 9.56. The van der Waals surface area contributed by atoms with Crippen molar-refractivity contribution in [2.75, 3.05) is 26.4 Å². The lowest BCUT2D eigenvalue weighted by Gasteiger charge is -2.29. The number of nitrogens with one attached hydrogen (secondary N) is 1. The Kier molecular flexibility index (Phi) is 6.93. The zero-order valence-electron chi connectivity index (χ0n) is 18.9. The van der Waals surface area contributed by atoms with Crippen LogP contribution in [-0.4, -0.2) is 50.2 Å². The number of benzene rings is 2. The summed E-state index contributed by atoms with van der Waals surface area (Å²) in [4.78, 5) is 15.8. The monoisotopic (exact) mass is 490 g/mol. The first-order valence-corrected chi connectivity index (χ1v) is 12.6. The molecule has 2 aromatic carbocycles. The fourth-order valence-corrected chi connectivity index (χ4v) is 5.55. The minimum Gasteiger partial charge on any atom is -0.376 e. The van der Waals surface area contributed by atoms with Gasteiger partial charge in [-0.05, 0) is 73.2 Å². The van der Waals surface area contributed by atoms with Gasteiger partial charge in [0.25, 0.3) is 5.56 Å². The van der Waals surface area contributed by atoms with Crippen molar-refractivity contribution in [1.82, 2.24) is 9.29 Å². The fourth-order valence-electron chi connectivity index (χ4n) is 3.83. The number of hydrogen-bond donors (Lipinski definition) is 1. The van der Waals surface area contributed by atoms with Crippen molar-refractivity contribution >= 4 is 32.5 Å². The van der Waals surface area contributed by atoms with Crippen LogP contribution in [0.15, 0.2) is 46.1 Å². The highest BCUT2D eigenvalue weighted by molar-refractivity contribution is 7.89. The Balaban J connectivity index is 1.74. The Hall–Kier alpha value is -2.23. The van der Waals surface area contributed by atoms with E-state index in [1.165, 1.54) is 16.4 Å². The second-order valence-electron chi connectivity index (χ2n) is 8.42. The van der Waals surface area contributed by atoms with E-state index in [1.54, 1.807) is 12.1 Å². The van der Waals surface area contributed by atoms with E-state index in [9.17, 15) is 13.2 Å². The summed E-state index contributed by atoms with van der Waals surface area (Å²) >= 11 is 6.21. The number of aromatic amines is 1. The molecule has 1 saturated heterocycles. The molecule has 0 spiro atoms. The molecule has 0 amide bonds. The molecule has 1 atom stereocenters. The van der Waals surface area contributed by atoms with Gasteiger partial charge in [0.15, 0.2) is 0 Å². The molecule has 33 heavy (non-hydrogen) atoms. The van der Waals surface area contributed by atoms with Gasteiger partial charge in [-0.25, -0.2) is 8.42 Å². The topological polar surface area (TPSA) is 88.7 Å². The van der Waals surface area contributed by atoms with Crippen LogP contribution in [0.5, 0.6) is 0 Å². The highest BCUT2D eigenvalue weighted by Gasteiger charge is 2.30. The number of ether oxygens (including phenoxy) is 2. The van der Waals surface area contributed by atoms with E-state index < -0.39 is 16.1 Å². The summed E-state index contributed by atoms with van der Waals surface area (Å²) in [7, 11) is -3.96. The number of rotatable bonds is 6. The molecular formula is C24H27ClN2O5S. The van der Waals surface area contributed by atoms with Crippen LogP contribution in [0.25, 0.3) is 10.9 Å². The zero-order valence-corrected chi connectivity index (χ0v) is 20.4. The first kappa shape index (κ1) is 23.9. The maximum Gasteiger partial charge on any atom is 0.252 e. The summed E-state index contributed by atoms with van der Waals surface area (Å²) in [5.74, 6) is 0. The average molecular weight is 491 g/mol. The molecule has 1 N–H and O–H groups in total. The molecule has 9 heteroatoms. The van der Waals surface area contributed by atoms with Crippen LogP contribution < -0.4 is 5.56 Å². The third-order valence-corrected chi connectivity index (χ3v) is 8.17. The van der Waals surface area contributed by atoms with Crippen molar-refractivity contribution in [2.45, 2.75) is 38.3 Å². The quantitative estimate of drug-likeness (QED) is 0.569. The van der Waals surface area contributed by atoms with E-state index in [0.29, 0.717) is 23.8 Å². The van der Waals surface area contributed by atoms with Crippen LogP contribution in [0.1, 0.15) is 22.3 Å². The van der Waals surface area contributed by atoms with Gasteiger partial charge in [0.1, 0.15) is 0 Å². The maximum atomic E-state index is 13.6. The predicted octanol–water partition coefficient (Wildman–Crippen LogP) is 3.71. The SMILES string of the molecule is Cc1cc2cc(CN(CC3COCCO3)S(=O)(=O)c3ccc(C)c(Cl)c3)c(=O)[nH]c2cc1C. The zero-order chi connectivity index (χ0) is 23.8. The van der Waals surface area contributed by atoms with Crippen LogP contribution in [-0.2, 0) is 26.0 Å². The van der Waals surface area contributed by atoms with Gasteiger partial charge >= 0.3 is 0 Å². The lowest BCUT2D eigenvalue weighted by molar-refractivity contribution is -0.0923. The summed E-state index contributed by atoms with van der Waals surface area (Å²) in [6.45, 7) is 6.88. The van der Waals surface area contributed by atoms with Gasteiger partial charge in [0.2, 0.25) is 10.0 Å². The van der Waals surface area contributed by atoms with E-state index in [-0.39, 0.29) is 30.2 Å². The van der Waals surface area contributed by atoms with Crippen molar-refractivity contribution in [1.29, 1.82) is 0 Å². The molecule has 3 aromatic rings. The van der Waals surface area contributed by atoms with E-state index in [0.717, 1.165) is 27.6 Å². The number of hydrogen-bond acceptors (Lipinski definition) is 5. The van der Waals surface area contributed by atoms with Gasteiger partial charge in [0, 0.05) is 29.2 Å². The normalized spacial score (nSPS) is 17.1. The Morgan fingerprint density at radius 2 is 1.82 bits per heavy atom. The summed E-state index contributed by atoms with van der Waals surface area (Å²) in [5, 5.41) is 1.21. The van der Waals surface area contributed by atoms with E-state index >= 15 is 0 Å². The molecule has 1 aromatic heterocycles. The minimum absolute atomic E-state index is 0.0538. The predicted molar refractivity (Wildman–Crippen MR) is 128 cm³/mol. The van der Waals surface area contributed by atoms with Gasteiger partial charge in [0.05, 0.1) is 30.8 Å². The van der Waals surface area contributed by atoms with Gasteiger partial charge < -0.3 is 14.5 Å². The molecular weight excluding hydrogens is 464 g/mol. The standard InChI is InChI=1S/C24H27ClN2O5S/c1-15-4-5-21(11-22(15)25)33(29,30)27(13-20-14-31-6-7-32-20)12-19-10-18-8-16(2)17(3)9-23(18)26-24(19)28/h4-5,8-11,20H,6-7,12-14H2,1-3H3,(H,26,28). The molecule has 1 fully saturated rings. The molecule has 4 rings (SSSR count). The van der Waals surface area contributed by atoms with Gasteiger partial charge in [-0.1, -0.05) is 17.7 Å². The molecule has 2 heterocycles. The number of H-pyrrole nitrogens is 1. The number of fused-ring (bicyclic) bond motifs is 1. The van der Waals surface area contributed by atoms with E-state index in [1.807, 2.05) is 32.9 Å². The Labute approximate surface area is 198 Å². The third-order valence-electron chi connectivity index (χ3n) is 5.96. The largest absolute Gasteiger partial charge is 0.376 e. The average Bonchev–Trinajstić information content (AvgIpc) is 2.77. The van der Waals surface area contributed by atoms with Crippen LogP contribution >= 0.6 is 11.6 Å². The summed E-state index contributed by atoms with van der Waals surface area (Å²) in [6.07, 6.45) is -0.432. The molecule has 0 aliphatic carbocycles. The van der Waals surface area contributed by atoms with E-state index in [4.69, 9.17) is 21.1 Å². The second-order valence-corrected chi connectivity index (χ2v) is 10.8. The van der Waals surface area contributed by atoms with Crippen molar-refractivity contribution < 1.29 is 17.9 Å². The Bertz CT molecular complexity index is 1350. The van der Waals surface area contributed by atoms with Gasteiger partial charge in [-0.2, -0.15) is 4.31 Å². The Morgan fingerprint density at radius 3 is 2.52 bits per heavy atom. The number of halogens is 1. The summed E-state index contributed by atoms with van der Waals surface area (Å²) in [5.41, 5.74) is 3.68. The smallest absolute Gasteiger partial charge is 0.252 e. The highest BCUT2D eigenvalue weighted by atomic mass is 35.5. The Morgan fingerprint density at radius 1 is 1.06 bits per heavy atom. The molecule has 0 radical (unpaired) electrons. The van der Waals surface area contributed by atoms with Crippen molar-refractivity contribution in [3.05, 3.63) is 74.0 Å². The summed E-state index contributed by atoms with van der Waals surface area (Å²) < 4.78 is 39.6. The molecule has 0 bridgehead atoms. The lowest BCUT2D eigenvalue weighted by Crippen LogP contribution is -2.43. The molecule has 176 valence electrons. The number of pyridine rings is 1. The highest BCUT2D eigenvalue weighted by Crippen LogP contribution is 2.25. The summed E-state index contributed by atoms with van der Waals surface area (Å²) in [6, 6.07) is 10.3. The van der Waals surface area contributed by atoms with Crippen molar-refractivity contribution in [3.63, 3.8) is 0 Å². The number of aryl methyl sites for hydroxylation is 3. The van der Waals surface area contributed by atoms with Crippen molar-refractivity contribution in [3.8, 4) is 0 Å². The lowest BCUT2D eigenvalue weighted by atomic mass is 10.0. The molecule has 1 unspecified atom stereocenters. The van der Waals surface area contributed by atoms with Crippen LogP contribution in [0.4, 0.5) is 0 Å². The van der Waals surface area contributed by atoms with Gasteiger partial charge in [-0.3, -0.25) is 4.79 Å². The minimum atomic E-state index is -3.96. The first-order chi connectivity index (χ1) is 15.6. The molecule has 7 nitrogen and oxygen atoms in total. The van der Waals surface area contributed by atoms with Crippen LogP contribution in [0, 0.1) is 20.8 Å². The third kappa shape index (κ3) is 5.15. The van der Waals surface area contributed by atoms with Gasteiger partial charge in [-0.15, -0.1) is 0 Å². The first-order valence-electron chi connectivity index (χ1n) is 10.7.